The number of ether oxygens (including phenoxy) is 3. The number of hydrogen-bond donors (Lipinski definition) is 1. The van der Waals surface area contributed by atoms with E-state index in [0.717, 1.165) is 0 Å². The average Bonchev–Trinajstić information content (AvgIpc) is 3.16. The lowest BCUT2D eigenvalue weighted by Crippen LogP contribution is -2.69. The van der Waals surface area contributed by atoms with Crippen molar-refractivity contribution in [1.82, 2.24) is 4.90 Å². The minimum atomic E-state index is -1.46. The highest BCUT2D eigenvalue weighted by Crippen LogP contribution is 2.45. The summed E-state index contributed by atoms with van der Waals surface area (Å²) in [7, 11) is 4.45. The number of anilines is 2. The normalized spacial score (nSPS) is 19.4. The highest BCUT2D eigenvalue weighted by Gasteiger charge is 2.60. The summed E-state index contributed by atoms with van der Waals surface area (Å²) in [6.07, 6.45) is 0.344. The Balaban J connectivity index is 1.80. The number of fused-ring (bicyclic) bond motifs is 3. The number of nitrogens with zero attached hydrogens (tertiary/aromatic N) is 2. The summed E-state index contributed by atoms with van der Waals surface area (Å²) < 4.78 is 16.1. The summed E-state index contributed by atoms with van der Waals surface area (Å²) in [5.74, 6) is 0.161. The Morgan fingerprint density at radius 1 is 1.06 bits per heavy atom. The Bertz CT molecular complexity index is 1080. The first-order valence-corrected chi connectivity index (χ1v) is 10.3. The van der Waals surface area contributed by atoms with Gasteiger partial charge in [0.15, 0.2) is 11.5 Å². The quantitative estimate of drug-likeness (QED) is 0.743. The molecule has 0 spiro atoms. The molecule has 3 amide bonds. The Morgan fingerprint density at radius 2 is 1.72 bits per heavy atom. The minimum Gasteiger partial charge on any atom is -0.493 e. The van der Waals surface area contributed by atoms with Crippen molar-refractivity contribution >= 4 is 29.1 Å². The van der Waals surface area contributed by atoms with Crippen LogP contribution in [0.5, 0.6) is 17.2 Å². The zero-order valence-corrected chi connectivity index (χ0v) is 18.4. The molecule has 9 heteroatoms. The van der Waals surface area contributed by atoms with Gasteiger partial charge in [0.2, 0.25) is 17.3 Å². The number of amides is 3. The van der Waals surface area contributed by atoms with Crippen molar-refractivity contribution in [1.29, 1.82) is 0 Å². The Kier molecular flexibility index (Phi) is 5.41. The monoisotopic (exact) mass is 439 g/mol. The fourth-order valence-electron chi connectivity index (χ4n) is 4.59. The van der Waals surface area contributed by atoms with Gasteiger partial charge in [-0.1, -0.05) is 12.1 Å². The van der Waals surface area contributed by atoms with Gasteiger partial charge >= 0.3 is 0 Å². The molecule has 0 radical (unpaired) electrons. The highest BCUT2D eigenvalue weighted by atomic mass is 16.5. The number of para-hydroxylation sites is 1. The van der Waals surface area contributed by atoms with Gasteiger partial charge in [0.05, 0.1) is 32.6 Å². The Morgan fingerprint density at radius 3 is 2.31 bits per heavy atom. The second kappa shape index (κ2) is 8.07. The lowest BCUT2D eigenvalue weighted by molar-refractivity contribution is -0.128. The number of carbonyl (C=O) groups is 3. The molecule has 0 unspecified atom stereocenters. The van der Waals surface area contributed by atoms with Crippen LogP contribution in [0.1, 0.15) is 30.1 Å². The Labute approximate surface area is 185 Å². The van der Waals surface area contributed by atoms with Crippen LogP contribution >= 0.6 is 0 Å². The van der Waals surface area contributed by atoms with Gasteiger partial charge in [-0.25, -0.2) is 0 Å². The van der Waals surface area contributed by atoms with Crippen molar-refractivity contribution in [2.24, 2.45) is 0 Å². The molecule has 4 rings (SSSR count). The van der Waals surface area contributed by atoms with Gasteiger partial charge in [-0.05, 0) is 19.1 Å². The highest BCUT2D eigenvalue weighted by molar-refractivity contribution is 6.18. The molecular weight excluding hydrogens is 414 g/mol. The van der Waals surface area contributed by atoms with E-state index >= 15 is 0 Å². The molecule has 9 nitrogen and oxygen atoms in total. The molecule has 1 fully saturated rings. The number of nitrogens with one attached hydrogen (secondary N) is 1. The largest absolute Gasteiger partial charge is 0.493 e. The average molecular weight is 439 g/mol. The van der Waals surface area contributed by atoms with Gasteiger partial charge < -0.3 is 24.4 Å². The van der Waals surface area contributed by atoms with Crippen molar-refractivity contribution in [3.8, 4) is 17.2 Å². The maximum Gasteiger partial charge on any atom is 0.271 e. The van der Waals surface area contributed by atoms with Gasteiger partial charge in [-0.2, -0.15) is 0 Å². The van der Waals surface area contributed by atoms with E-state index in [1.165, 1.54) is 31.1 Å². The molecule has 2 heterocycles. The van der Waals surface area contributed by atoms with Crippen LogP contribution in [0.15, 0.2) is 36.4 Å². The molecule has 2 aliphatic rings. The van der Waals surface area contributed by atoms with E-state index in [4.69, 9.17) is 14.2 Å². The molecule has 2 aromatic rings. The smallest absolute Gasteiger partial charge is 0.271 e. The number of hydrogen-bond acceptors (Lipinski definition) is 6. The molecule has 0 saturated carbocycles. The van der Waals surface area contributed by atoms with Crippen LogP contribution in [0.2, 0.25) is 0 Å². The van der Waals surface area contributed by atoms with E-state index < -0.39 is 11.6 Å². The molecule has 2 aliphatic heterocycles. The number of likely N-dealkylation sites (N-methyl/N-ethyl adjacent to an activating group) is 1. The first kappa shape index (κ1) is 21.5. The van der Waals surface area contributed by atoms with E-state index in [9.17, 15) is 14.4 Å². The van der Waals surface area contributed by atoms with Gasteiger partial charge in [-0.15, -0.1) is 0 Å². The van der Waals surface area contributed by atoms with Crippen LogP contribution < -0.4 is 24.4 Å². The third-order valence-corrected chi connectivity index (χ3v) is 5.98. The molecular formula is C23H25N3O6. The Hall–Kier alpha value is -3.75. The van der Waals surface area contributed by atoms with E-state index in [-0.39, 0.29) is 31.2 Å². The lowest BCUT2D eigenvalue weighted by Gasteiger charge is -2.48. The van der Waals surface area contributed by atoms with Gasteiger partial charge in [0.25, 0.3) is 11.8 Å². The second-order valence-electron chi connectivity index (χ2n) is 7.48. The standard InChI is InChI=1S/C23H25N3O6/c1-5-25-21(28)15-8-6-7-9-16(15)26-19(27)10-11-23(25,26)22(29)24-14-12-17(30-2)20(32-4)18(13-14)31-3/h6-9,12-13H,5,10-11H2,1-4H3,(H,24,29)/t23-/m1/s1. The van der Waals surface area contributed by atoms with Crippen LogP contribution in [0.3, 0.4) is 0 Å². The van der Waals surface area contributed by atoms with Crippen molar-refractivity contribution in [3.05, 3.63) is 42.0 Å². The maximum absolute atomic E-state index is 13.8. The van der Waals surface area contributed by atoms with Crippen LogP contribution in [0.25, 0.3) is 0 Å². The minimum absolute atomic E-state index is 0.154. The summed E-state index contributed by atoms with van der Waals surface area (Å²) in [6.45, 7) is 2.06. The van der Waals surface area contributed by atoms with Crippen molar-refractivity contribution < 1.29 is 28.6 Å². The molecule has 0 bridgehead atoms. The topological polar surface area (TPSA) is 97.4 Å². The number of methoxy groups -OCH3 is 3. The van der Waals surface area contributed by atoms with E-state index in [0.29, 0.717) is 34.2 Å². The number of benzene rings is 2. The third-order valence-electron chi connectivity index (χ3n) is 5.98. The molecule has 32 heavy (non-hydrogen) atoms. The van der Waals surface area contributed by atoms with Gasteiger partial charge in [-0.3, -0.25) is 19.3 Å². The summed E-state index contributed by atoms with van der Waals surface area (Å²) in [5, 5.41) is 2.87. The van der Waals surface area contributed by atoms with Crippen LogP contribution in [-0.4, -0.2) is 56.2 Å². The zero-order valence-electron chi connectivity index (χ0n) is 18.4. The fourth-order valence-corrected chi connectivity index (χ4v) is 4.59. The third kappa shape index (κ3) is 2.96. The molecule has 0 aromatic heterocycles. The first-order chi connectivity index (χ1) is 15.4. The maximum atomic E-state index is 13.8. The SMILES string of the molecule is CCN1C(=O)c2ccccc2N2C(=O)CC[C@@]12C(=O)Nc1cc(OC)c(OC)c(OC)c1. The van der Waals surface area contributed by atoms with Crippen molar-refractivity contribution in [3.63, 3.8) is 0 Å². The fraction of sp³-hybridized carbons (Fsp3) is 0.348. The predicted molar refractivity (Wildman–Crippen MR) is 117 cm³/mol. The number of carbonyl (C=O) groups excluding carboxylic acids is 3. The van der Waals surface area contributed by atoms with Crippen molar-refractivity contribution in [2.75, 3.05) is 38.1 Å². The van der Waals surface area contributed by atoms with Gasteiger partial charge in [0, 0.05) is 37.2 Å². The summed E-state index contributed by atoms with van der Waals surface area (Å²) in [4.78, 5) is 42.9. The van der Waals surface area contributed by atoms with Crippen LogP contribution in [-0.2, 0) is 9.59 Å². The second-order valence-corrected chi connectivity index (χ2v) is 7.48. The summed E-state index contributed by atoms with van der Waals surface area (Å²) in [6, 6.07) is 10.1. The van der Waals surface area contributed by atoms with Gasteiger partial charge in [0.1, 0.15) is 0 Å². The predicted octanol–water partition coefficient (Wildman–Crippen LogP) is 2.65. The van der Waals surface area contributed by atoms with Crippen LogP contribution in [0, 0.1) is 0 Å². The number of rotatable bonds is 6. The van der Waals surface area contributed by atoms with E-state index in [2.05, 4.69) is 5.32 Å². The molecule has 0 aliphatic carbocycles. The lowest BCUT2D eigenvalue weighted by atomic mass is 9.95. The molecule has 1 atom stereocenters. The van der Waals surface area contributed by atoms with E-state index in [1.807, 2.05) is 0 Å². The first-order valence-electron chi connectivity index (χ1n) is 10.3. The van der Waals surface area contributed by atoms with Crippen molar-refractivity contribution in [2.45, 2.75) is 25.4 Å². The molecule has 168 valence electrons. The van der Waals surface area contributed by atoms with Crippen LogP contribution in [0.4, 0.5) is 11.4 Å². The molecule has 1 N–H and O–H groups in total. The zero-order chi connectivity index (χ0) is 23.0. The molecule has 2 aromatic carbocycles. The molecule has 1 saturated heterocycles. The van der Waals surface area contributed by atoms with E-state index in [1.54, 1.807) is 43.3 Å². The summed E-state index contributed by atoms with van der Waals surface area (Å²) >= 11 is 0. The summed E-state index contributed by atoms with van der Waals surface area (Å²) in [5.41, 5.74) is -0.219.